The van der Waals surface area contributed by atoms with Gasteiger partial charge in [0.15, 0.2) is 0 Å². The molecule has 0 fully saturated rings. The Morgan fingerprint density at radius 1 is 1.36 bits per heavy atom. The van der Waals surface area contributed by atoms with Crippen LogP contribution in [0.1, 0.15) is 18.4 Å². The highest BCUT2D eigenvalue weighted by atomic mass is 19.4. The molecule has 0 bridgehead atoms. The van der Waals surface area contributed by atoms with Crippen molar-refractivity contribution in [3.63, 3.8) is 0 Å². The van der Waals surface area contributed by atoms with Crippen molar-refractivity contribution in [3.05, 3.63) is 24.0 Å². The highest BCUT2D eigenvalue weighted by Gasteiger charge is 2.25. The zero-order valence-electron chi connectivity index (χ0n) is 7.59. The largest absolute Gasteiger partial charge is 0.392 e. The third-order valence-corrected chi connectivity index (χ3v) is 1.87. The summed E-state index contributed by atoms with van der Waals surface area (Å²) in [5.41, 5.74) is 0.719. The van der Waals surface area contributed by atoms with E-state index in [4.69, 9.17) is 5.11 Å². The molecule has 0 radical (unpaired) electrons. The van der Waals surface area contributed by atoms with Crippen LogP contribution in [0.4, 0.5) is 13.2 Å². The Morgan fingerprint density at radius 2 is 2.07 bits per heavy atom. The minimum Gasteiger partial charge on any atom is -0.392 e. The fraction of sp³-hybridized carbons (Fsp3) is 0.556. The molecule has 1 N–H and O–H groups in total. The molecule has 1 aromatic rings. The normalized spacial score (nSPS) is 12.0. The van der Waals surface area contributed by atoms with Gasteiger partial charge in [0.1, 0.15) is 0 Å². The number of rotatable bonds is 4. The second-order valence-electron chi connectivity index (χ2n) is 3.13. The van der Waals surface area contributed by atoms with Gasteiger partial charge >= 0.3 is 6.18 Å². The average Bonchev–Trinajstić information content (AvgIpc) is 2.50. The van der Waals surface area contributed by atoms with Crippen LogP contribution in [0.15, 0.2) is 18.5 Å². The summed E-state index contributed by atoms with van der Waals surface area (Å²) < 4.78 is 37.0. The summed E-state index contributed by atoms with van der Waals surface area (Å²) in [4.78, 5) is 0. The van der Waals surface area contributed by atoms with E-state index in [1.165, 1.54) is 0 Å². The monoisotopic (exact) mass is 207 g/mol. The Morgan fingerprint density at radius 3 is 2.57 bits per heavy atom. The van der Waals surface area contributed by atoms with Crippen molar-refractivity contribution in [2.24, 2.45) is 0 Å². The van der Waals surface area contributed by atoms with Gasteiger partial charge in [-0.25, -0.2) is 0 Å². The van der Waals surface area contributed by atoms with Gasteiger partial charge in [0.25, 0.3) is 0 Å². The number of alkyl halides is 3. The number of aromatic nitrogens is 1. The van der Waals surface area contributed by atoms with Gasteiger partial charge in [0.2, 0.25) is 0 Å². The van der Waals surface area contributed by atoms with E-state index in [2.05, 4.69) is 0 Å². The first-order valence-electron chi connectivity index (χ1n) is 4.33. The van der Waals surface area contributed by atoms with E-state index in [0.29, 0.717) is 6.54 Å². The van der Waals surface area contributed by atoms with Crippen LogP contribution in [-0.4, -0.2) is 15.8 Å². The van der Waals surface area contributed by atoms with Gasteiger partial charge in [-0.1, -0.05) is 0 Å². The zero-order chi connectivity index (χ0) is 10.6. The highest BCUT2D eigenvalue weighted by molar-refractivity contribution is 5.08. The molecule has 0 saturated heterocycles. The molecule has 0 amide bonds. The topological polar surface area (TPSA) is 25.2 Å². The van der Waals surface area contributed by atoms with Crippen LogP contribution in [0.2, 0.25) is 0 Å². The second-order valence-corrected chi connectivity index (χ2v) is 3.13. The van der Waals surface area contributed by atoms with Crippen LogP contribution in [0, 0.1) is 0 Å². The molecular weight excluding hydrogens is 195 g/mol. The van der Waals surface area contributed by atoms with E-state index in [9.17, 15) is 13.2 Å². The van der Waals surface area contributed by atoms with Gasteiger partial charge in [-0.3, -0.25) is 0 Å². The molecule has 1 rings (SSSR count). The van der Waals surface area contributed by atoms with Gasteiger partial charge in [0, 0.05) is 25.4 Å². The summed E-state index contributed by atoms with van der Waals surface area (Å²) in [5.74, 6) is 0. The minimum atomic E-state index is -4.08. The number of nitrogens with zero attached hydrogens (tertiary/aromatic N) is 1. The molecule has 0 aliphatic heterocycles. The molecule has 0 atom stereocenters. The maximum atomic E-state index is 11.8. The molecule has 0 aliphatic carbocycles. The summed E-state index contributed by atoms with van der Waals surface area (Å²) in [6.45, 7) is 0.256. The summed E-state index contributed by atoms with van der Waals surface area (Å²) >= 11 is 0. The van der Waals surface area contributed by atoms with Gasteiger partial charge in [-0.15, -0.1) is 0 Å². The molecule has 5 heteroatoms. The Labute approximate surface area is 80.0 Å². The van der Waals surface area contributed by atoms with E-state index >= 15 is 0 Å². The third kappa shape index (κ3) is 3.83. The quantitative estimate of drug-likeness (QED) is 0.805. The van der Waals surface area contributed by atoms with E-state index in [1.54, 1.807) is 23.0 Å². The van der Waals surface area contributed by atoms with E-state index < -0.39 is 12.6 Å². The lowest BCUT2D eigenvalue weighted by Crippen LogP contribution is -2.08. The number of hydrogen-bond acceptors (Lipinski definition) is 1. The van der Waals surface area contributed by atoms with Gasteiger partial charge < -0.3 is 9.67 Å². The molecule has 0 saturated carbocycles. The number of hydrogen-bond donors (Lipinski definition) is 1. The van der Waals surface area contributed by atoms with Crippen LogP contribution in [-0.2, 0) is 13.2 Å². The van der Waals surface area contributed by atoms with E-state index in [0.717, 1.165) is 5.56 Å². The average molecular weight is 207 g/mol. The van der Waals surface area contributed by atoms with Crippen molar-refractivity contribution in [1.82, 2.24) is 4.57 Å². The summed E-state index contributed by atoms with van der Waals surface area (Å²) in [7, 11) is 0. The Kier molecular flexibility index (Phi) is 3.57. The first kappa shape index (κ1) is 11.1. The first-order chi connectivity index (χ1) is 6.51. The standard InChI is InChI=1S/C9H12F3NO/c10-9(11,12)3-1-4-13-5-2-8(6-13)7-14/h2,5-6,14H,1,3-4,7H2. The first-order valence-corrected chi connectivity index (χ1v) is 4.33. The smallest absolute Gasteiger partial charge is 0.389 e. The van der Waals surface area contributed by atoms with E-state index in [1.807, 2.05) is 0 Å². The molecule has 0 spiro atoms. The fourth-order valence-corrected chi connectivity index (χ4v) is 1.19. The Hall–Kier alpha value is -0.970. The van der Waals surface area contributed by atoms with Crippen LogP contribution in [0.3, 0.4) is 0 Å². The van der Waals surface area contributed by atoms with Crippen molar-refractivity contribution in [3.8, 4) is 0 Å². The van der Waals surface area contributed by atoms with Crippen molar-refractivity contribution >= 4 is 0 Å². The Bertz CT molecular complexity index is 280. The van der Waals surface area contributed by atoms with Crippen LogP contribution < -0.4 is 0 Å². The Balaban J connectivity index is 2.31. The fourth-order valence-electron chi connectivity index (χ4n) is 1.19. The molecule has 14 heavy (non-hydrogen) atoms. The number of aryl methyl sites for hydroxylation is 1. The molecule has 0 unspecified atom stereocenters. The van der Waals surface area contributed by atoms with Crippen molar-refractivity contribution in [2.45, 2.75) is 32.2 Å². The minimum absolute atomic E-state index is 0.0725. The van der Waals surface area contributed by atoms with Crippen LogP contribution >= 0.6 is 0 Å². The highest BCUT2D eigenvalue weighted by Crippen LogP contribution is 2.21. The second kappa shape index (κ2) is 4.50. The number of halogens is 3. The summed E-state index contributed by atoms with van der Waals surface area (Å²) in [6, 6.07) is 1.69. The maximum absolute atomic E-state index is 11.8. The van der Waals surface area contributed by atoms with Crippen LogP contribution in [0.5, 0.6) is 0 Å². The zero-order valence-corrected chi connectivity index (χ0v) is 7.59. The predicted molar refractivity (Wildman–Crippen MR) is 45.6 cm³/mol. The molecule has 0 aromatic carbocycles. The van der Waals surface area contributed by atoms with Gasteiger partial charge in [-0.2, -0.15) is 13.2 Å². The lowest BCUT2D eigenvalue weighted by atomic mass is 10.3. The van der Waals surface area contributed by atoms with Crippen LogP contribution in [0.25, 0.3) is 0 Å². The van der Waals surface area contributed by atoms with Crippen molar-refractivity contribution in [2.75, 3.05) is 0 Å². The number of aliphatic hydroxyl groups is 1. The van der Waals surface area contributed by atoms with Crippen molar-refractivity contribution < 1.29 is 18.3 Å². The molecular formula is C9H12F3NO. The van der Waals surface area contributed by atoms with Crippen molar-refractivity contribution in [1.29, 1.82) is 0 Å². The summed E-state index contributed by atoms with van der Waals surface area (Å²) in [6.07, 6.45) is -1.45. The third-order valence-electron chi connectivity index (χ3n) is 1.87. The predicted octanol–water partition coefficient (Wildman–Crippen LogP) is 2.32. The SMILES string of the molecule is OCc1ccn(CCCC(F)(F)F)c1. The molecule has 80 valence electrons. The van der Waals surface area contributed by atoms with E-state index in [-0.39, 0.29) is 13.0 Å². The number of aliphatic hydroxyl groups excluding tert-OH is 1. The molecule has 1 heterocycles. The molecule has 2 nitrogen and oxygen atoms in total. The maximum Gasteiger partial charge on any atom is 0.389 e. The molecule has 0 aliphatic rings. The lowest BCUT2D eigenvalue weighted by Gasteiger charge is -2.06. The molecule has 1 aromatic heterocycles. The lowest BCUT2D eigenvalue weighted by molar-refractivity contribution is -0.135. The summed E-state index contributed by atoms with van der Waals surface area (Å²) in [5, 5.41) is 8.71. The van der Waals surface area contributed by atoms with Gasteiger partial charge in [0.05, 0.1) is 6.61 Å². The van der Waals surface area contributed by atoms with Gasteiger partial charge in [-0.05, 0) is 18.1 Å².